The fourth-order valence-electron chi connectivity index (χ4n) is 1.92. The van der Waals surface area contributed by atoms with Gasteiger partial charge in [-0.3, -0.25) is 0 Å². The van der Waals surface area contributed by atoms with Gasteiger partial charge in [-0.1, -0.05) is 30.3 Å². The Bertz CT molecular complexity index is 725. The van der Waals surface area contributed by atoms with Crippen LogP contribution in [0.5, 0.6) is 0 Å². The van der Waals surface area contributed by atoms with Crippen LogP contribution in [0.4, 0.5) is 5.69 Å². The lowest BCUT2D eigenvalue weighted by molar-refractivity contribution is 0.282. The Hall–Kier alpha value is -1.89. The average Bonchev–Trinajstić information content (AvgIpc) is 2.48. The Morgan fingerprint density at radius 1 is 1.10 bits per heavy atom. The van der Waals surface area contributed by atoms with Crippen molar-refractivity contribution < 1.29 is 13.5 Å². The van der Waals surface area contributed by atoms with Crippen molar-refractivity contribution in [3.8, 4) is 0 Å². The Balaban J connectivity index is 2.15. The van der Waals surface area contributed by atoms with Gasteiger partial charge in [0.1, 0.15) is 0 Å². The quantitative estimate of drug-likeness (QED) is 0.731. The first kappa shape index (κ1) is 15.5. The number of rotatable bonds is 5. The smallest absolute Gasteiger partial charge is 0.241 e. The summed E-state index contributed by atoms with van der Waals surface area (Å²) in [7, 11) is -3.61. The molecule has 0 fully saturated rings. The number of aliphatic hydroxyl groups excluding tert-OH is 1. The third-order valence-corrected chi connectivity index (χ3v) is 4.72. The molecule has 0 amide bonds. The number of nitrogen functional groups attached to an aromatic ring is 1. The second kappa shape index (κ2) is 6.26. The maximum atomic E-state index is 12.3. The molecule has 2 rings (SSSR count). The monoisotopic (exact) mass is 306 g/mol. The van der Waals surface area contributed by atoms with E-state index in [0.29, 0.717) is 11.3 Å². The lowest BCUT2D eigenvalue weighted by Crippen LogP contribution is -2.24. The van der Waals surface area contributed by atoms with Gasteiger partial charge in [0.2, 0.25) is 10.0 Å². The van der Waals surface area contributed by atoms with Crippen LogP contribution in [0.3, 0.4) is 0 Å². The highest BCUT2D eigenvalue weighted by Crippen LogP contribution is 2.18. The van der Waals surface area contributed by atoms with Crippen molar-refractivity contribution in [1.82, 2.24) is 4.72 Å². The number of aryl methyl sites for hydroxylation is 1. The van der Waals surface area contributed by atoms with Crippen LogP contribution in [0.15, 0.2) is 47.4 Å². The van der Waals surface area contributed by atoms with Gasteiger partial charge in [-0.05, 0) is 35.7 Å². The van der Waals surface area contributed by atoms with Crippen LogP contribution < -0.4 is 10.5 Å². The van der Waals surface area contributed by atoms with Crippen molar-refractivity contribution in [1.29, 1.82) is 0 Å². The van der Waals surface area contributed by atoms with Gasteiger partial charge >= 0.3 is 0 Å². The summed E-state index contributed by atoms with van der Waals surface area (Å²) in [6.45, 7) is 1.88. The molecular weight excluding hydrogens is 288 g/mol. The molecule has 0 aliphatic carbocycles. The number of hydrogen-bond donors (Lipinski definition) is 3. The fraction of sp³-hybridized carbons (Fsp3) is 0.200. The highest BCUT2D eigenvalue weighted by molar-refractivity contribution is 7.89. The van der Waals surface area contributed by atoms with Crippen molar-refractivity contribution >= 4 is 15.7 Å². The van der Waals surface area contributed by atoms with Crippen molar-refractivity contribution in [3.63, 3.8) is 0 Å². The van der Waals surface area contributed by atoms with Crippen molar-refractivity contribution in [2.45, 2.75) is 25.0 Å². The Morgan fingerprint density at radius 2 is 1.71 bits per heavy atom. The van der Waals surface area contributed by atoms with E-state index in [-0.39, 0.29) is 18.0 Å². The van der Waals surface area contributed by atoms with Crippen LogP contribution in [0.2, 0.25) is 0 Å². The summed E-state index contributed by atoms with van der Waals surface area (Å²) in [4.78, 5) is 0.189. The molecule has 0 heterocycles. The zero-order valence-electron chi connectivity index (χ0n) is 11.7. The highest BCUT2D eigenvalue weighted by Gasteiger charge is 2.16. The zero-order chi connectivity index (χ0) is 15.5. The zero-order valence-corrected chi connectivity index (χ0v) is 12.5. The molecule has 0 saturated heterocycles. The first-order valence-corrected chi connectivity index (χ1v) is 7.95. The highest BCUT2D eigenvalue weighted by atomic mass is 32.2. The summed E-state index contributed by atoms with van der Waals surface area (Å²) in [5.74, 6) is 0. The molecule has 0 saturated carbocycles. The number of hydrogen-bond acceptors (Lipinski definition) is 4. The van der Waals surface area contributed by atoms with Crippen LogP contribution in [0, 0.1) is 6.92 Å². The van der Waals surface area contributed by atoms with Crippen LogP contribution >= 0.6 is 0 Å². The van der Waals surface area contributed by atoms with E-state index in [2.05, 4.69) is 4.72 Å². The van der Waals surface area contributed by atoms with Crippen LogP contribution in [0.1, 0.15) is 16.7 Å². The number of benzene rings is 2. The SMILES string of the molecule is Cc1ccc(N)cc1S(=O)(=O)NCc1ccc(CO)cc1. The fourth-order valence-corrected chi connectivity index (χ4v) is 3.22. The Kier molecular flexibility index (Phi) is 4.62. The molecule has 4 N–H and O–H groups in total. The minimum atomic E-state index is -3.61. The third-order valence-electron chi connectivity index (χ3n) is 3.17. The molecule has 5 nitrogen and oxygen atoms in total. The molecule has 0 aromatic heterocycles. The lowest BCUT2D eigenvalue weighted by atomic mass is 10.1. The van der Waals surface area contributed by atoms with E-state index in [1.807, 2.05) is 0 Å². The van der Waals surface area contributed by atoms with Gasteiger partial charge in [-0.2, -0.15) is 0 Å². The number of sulfonamides is 1. The molecule has 2 aromatic rings. The van der Waals surface area contributed by atoms with Gasteiger partial charge in [0.25, 0.3) is 0 Å². The molecular formula is C15H18N2O3S. The van der Waals surface area contributed by atoms with Crippen LogP contribution in [0.25, 0.3) is 0 Å². The molecule has 0 radical (unpaired) electrons. The van der Waals surface area contributed by atoms with Gasteiger partial charge in [-0.15, -0.1) is 0 Å². The van der Waals surface area contributed by atoms with E-state index in [9.17, 15) is 8.42 Å². The van der Waals surface area contributed by atoms with Gasteiger partial charge in [-0.25, -0.2) is 13.1 Å². The van der Waals surface area contributed by atoms with E-state index in [0.717, 1.165) is 11.1 Å². The topological polar surface area (TPSA) is 92.4 Å². The second-order valence-electron chi connectivity index (χ2n) is 4.82. The molecule has 0 aliphatic heterocycles. The van der Waals surface area contributed by atoms with Gasteiger partial charge in [0.05, 0.1) is 11.5 Å². The Labute approximate surface area is 124 Å². The maximum Gasteiger partial charge on any atom is 0.241 e. The molecule has 0 unspecified atom stereocenters. The Morgan fingerprint density at radius 3 is 2.33 bits per heavy atom. The molecule has 2 aromatic carbocycles. The van der Waals surface area contributed by atoms with E-state index < -0.39 is 10.0 Å². The van der Waals surface area contributed by atoms with Crippen molar-refractivity contribution in [2.24, 2.45) is 0 Å². The van der Waals surface area contributed by atoms with Gasteiger partial charge < -0.3 is 10.8 Å². The summed E-state index contributed by atoms with van der Waals surface area (Å²) in [5, 5.41) is 8.97. The van der Waals surface area contributed by atoms with Crippen LogP contribution in [-0.2, 0) is 23.2 Å². The lowest BCUT2D eigenvalue weighted by Gasteiger charge is -2.10. The number of nitrogens with two attached hydrogens (primary N) is 1. The van der Waals surface area contributed by atoms with E-state index in [1.54, 1.807) is 43.3 Å². The summed E-state index contributed by atoms with van der Waals surface area (Å²) < 4.78 is 27.1. The summed E-state index contributed by atoms with van der Waals surface area (Å²) in [6, 6.07) is 11.9. The minimum absolute atomic E-state index is 0.0332. The molecule has 112 valence electrons. The summed E-state index contributed by atoms with van der Waals surface area (Å²) >= 11 is 0. The first-order valence-electron chi connectivity index (χ1n) is 6.47. The second-order valence-corrected chi connectivity index (χ2v) is 6.56. The maximum absolute atomic E-state index is 12.3. The molecule has 0 bridgehead atoms. The average molecular weight is 306 g/mol. The molecule has 6 heteroatoms. The number of anilines is 1. The van der Waals surface area contributed by atoms with E-state index in [4.69, 9.17) is 10.8 Å². The predicted molar refractivity (Wildman–Crippen MR) is 82.0 cm³/mol. The normalized spacial score (nSPS) is 11.5. The standard InChI is InChI=1S/C15H18N2O3S/c1-11-2-7-14(16)8-15(11)21(19,20)17-9-12-3-5-13(10-18)6-4-12/h2-8,17-18H,9-10,16H2,1H3. The van der Waals surface area contributed by atoms with Crippen molar-refractivity contribution in [3.05, 3.63) is 59.2 Å². The number of aliphatic hydroxyl groups is 1. The molecule has 0 spiro atoms. The summed E-state index contributed by atoms with van der Waals surface area (Å²) in [6.07, 6.45) is 0. The predicted octanol–water partition coefficient (Wildman–Crippen LogP) is 1.55. The first-order chi connectivity index (χ1) is 9.92. The van der Waals surface area contributed by atoms with Gasteiger partial charge in [0.15, 0.2) is 0 Å². The largest absolute Gasteiger partial charge is 0.399 e. The third kappa shape index (κ3) is 3.81. The van der Waals surface area contributed by atoms with Crippen molar-refractivity contribution in [2.75, 3.05) is 5.73 Å². The van der Waals surface area contributed by atoms with Gasteiger partial charge in [0, 0.05) is 12.2 Å². The molecule has 0 aliphatic rings. The minimum Gasteiger partial charge on any atom is -0.399 e. The van der Waals surface area contributed by atoms with E-state index >= 15 is 0 Å². The molecule has 0 atom stereocenters. The molecule has 21 heavy (non-hydrogen) atoms. The van der Waals surface area contributed by atoms with Crippen LogP contribution in [-0.4, -0.2) is 13.5 Å². The number of nitrogens with one attached hydrogen (secondary N) is 1. The summed E-state index contributed by atoms with van der Waals surface area (Å²) in [5.41, 5.74) is 8.31. The van der Waals surface area contributed by atoms with E-state index in [1.165, 1.54) is 6.07 Å².